The van der Waals surface area contributed by atoms with E-state index >= 15 is 0 Å². The molecule has 0 unspecified atom stereocenters. The Balaban J connectivity index is 2.18. The highest BCUT2D eigenvalue weighted by atomic mass is 79.9. The van der Waals surface area contributed by atoms with Crippen LogP contribution in [0.5, 0.6) is 5.75 Å². The molecule has 0 fully saturated rings. The Morgan fingerprint density at radius 2 is 1.68 bits per heavy atom. The van der Waals surface area contributed by atoms with Gasteiger partial charge < -0.3 is 9.52 Å². The minimum atomic E-state index is -0.123. The van der Waals surface area contributed by atoms with Gasteiger partial charge in [-0.2, -0.15) is 0 Å². The molecular formula is C19H17BrO2. The summed E-state index contributed by atoms with van der Waals surface area (Å²) in [6.45, 7) is 3.95. The predicted molar refractivity (Wildman–Crippen MR) is 91.4 cm³/mol. The fourth-order valence-electron chi connectivity index (χ4n) is 2.67. The molecule has 0 aliphatic heterocycles. The van der Waals surface area contributed by atoms with Crippen molar-refractivity contribution < 1.29 is 9.52 Å². The minimum Gasteiger partial charge on any atom is -0.508 e. The monoisotopic (exact) mass is 356 g/mol. The van der Waals surface area contributed by atoms with Crippen molar-refractivity contribution in [3.63, 3.8) is 0 Å². The van der Waals surface area contributed by atoms with Crippen LogP contribution in [-0.4, -0.2) is 5.11 Å². The predicted octanol–water partition coefficient (Wildman–Crippen LogP) is 5.54. The smallest absolute Gasteiger partial charge is 0.119 e. The van der Waals surface area contributed by atoms with Gasteiger partial charge in [-0.05, 0) is 49.7 Å². The Kier molecular flexibility index (Phi) is 4.08. The molecule has 0 bridgehead atoms. The second kappa shape index (κ2) is 6.01. The van der Waals surface area contributed by atoms with Gasteiger partial charge in [0, 0.05) is 10.0 Å². The number of benzene rings is 2. The van der Waals surface area contributed by atoms with Gasteiger partial charge in [-0.3, -0.25) is 0 Å². The van der Waals surface area contributed by atoms with Gasteiger partial charge in [0.2, 0.25) is 0 Å². The zero-order valence-electron chi connectivity index (χ0n) is 12.5. The molecule has 0 aliphatic rings. The molecule has 0 spiro atoms. The van der Waals surface area contributed by atoms with Crippen LogP contribution in [0.3, 0.4) is 0 Å². The van der Waals surface area contributed by atoms with Gasteiger partial charge in [0.1, 0.15) is 17.3 Å². The van der Waals surface area contributed by atoms with Crippen molar-refractivity contribution in [2.45, 2.75) is 19.8 Å². The van der Waals surface area contributed by atoms with Crippen LogP contribution in [0.25, 0.3) is 0 Å². The van der Waals surface area contributed by atoms with Crippen LogP contribution in [0.15, 0.2) is 63.5 Å². The second-order valence-corrected chi connectivity index (χ2v) is 6.41. The van der Waals surface area contributed by atoms with E-state index in [1.54, 1.807) is 6.07 Å². The fraction of sp³-hybridized carbons (Fsp3) is 0.158. The van der Waals surface area contributed by atoms with Crippen molar-refractivity contribution in [1.29, 1.82) is 0 Å². The van der Waals surface area contributed by atoms with Crippen molar-refractivity contribution in [2.24, 2.45) is 0 Å². The average molecular weight is 357 g/mol. The molecule has 0 saturated carbocycles. The van der Waals surface area contributed by atoms with Crippen molar-refractivity contribution >= 4 is 15.9 Å². The molecule has 1 N–H and O–H groups in total. The number of rotatable bonds is 3. The quantitative estimate of drug-likeness (QED) is 0.667. The Morgan fingerprint density at radius 1 is 0.955 bits per heavy atom. The maximum atomic E-state index is 10.3. The molecular weight excluding hydrogens is 340 g/mol. The number of aromatic hydroxyl groups is 1. The number of hydrogen-bond donors (Lipinski definition) is 1. The van der Waals surface area contributed by atoms with E-state index in [0.29, 0.717) is 0 Å². The zero-order valence-corrected chi connectivity index (χ0v) is 14.1. The van der Waals surface area contributed by atoms with Gasteiger partial charge in [-0.25, -0.2) is 0 Å². The number of furan rings is 1. The summed E-state index contributed by atoms with van der Waals surface area (Å²) in [6.07, 6.45) is 0. The SMILES string of the molecule is Cc1ccc(O)c([C@H](c2ccc(Br)cc2)c2ccc(C)o2)c1. The Labute approximate surface area is 138 Å². The molecule has 3 rings (SSSR count). The maximum Gasteiger partial charge on any atom is 0.119 e. The molecule has 0 radical (unpaired) electrons. The molecule has 112 valence electrons. The summed E-state index contributed by atoms with van der Waals surface area (Å²) < 4.78 is 6.88. The normalized spacial score (nSPS) is 12.3. The van der Waals surface area contributed by atoms with E-state index in [1.165, 1.54) is 0 Å². The van der Waals surface area contributed by atoms with Crippen LogP contribution >= 0.6 is 15.9 Å². The first-order chi connectivity index (χ1) is 10.5. The van der Waals surface area contributed by atoms with E-state index in [4.69, 9.17) is 4.42 Å². The standard InChI is InChI=1S/C19H17BrO2/c1-12-3-9-17(21)16(11-12)19(18-10-4-13(2)22-18)14-5-7-15(20)8-6-14/h3-11,19,21H,1-2H3/t19-/m0/s1. The lowest BCUT2D eigenvalue weighted by Crippen LogP contribution is -2.03. The summed E-state index contributed by atoms with van der Waals surface area (Å²) in [5.74, 6) is 1.86. The largest absolute Gasteiger partial charge is 0.508 e. The van der Waals surface area contributed by atoms with E-state index in [0.717, 1.165) is 32.7 Å². The molecule has 22 heavy (non-hydrogen) atoms. The first kappa shape index (κ1) is 14.9. The van der Waals surface area contributed by atoms with Gasteiger partial charge in [-0.15, -0.1) is 0 Å². The summed E-state index contributed by atoms with van der Waals surface area (Å²) >= 11 is 3.46. The van der Waals surface area contributed by atoms with E-state index in [2.05, 4.69) is 15.9 Å². The lowest BCUT2D eigenvalue weighted by Gasteiger charge is -2.18. The summed E-state index contributed by atoms with van der Waals surface area (Å²) in [5, 5.41) is 10.3. The molecule has 1 aromatic heterocycles. The first-order valence-corrected chi connectivity index (χ1v) is 7.95. The molecule has 0 amide bonds. The Morgan fingerprint density at radius 3 is 2.32 bits per heavy atom. The average Bonchev–Trinajstić information content (AvgIpc) is 2.91. The molecule has 2 aromatic carbocycles. The van der Waals surface area contributed by atoms with Crippen molar-refractivity contribution in [1.82, 2.24) is 0 Å². The molecule has 0 saturated heterocycles. The summed E-state index contributed by atoms with van der Waals surface area (Å²) in [7, 11) is 0. The van der Waals surface area contributed by atoms with Crippen LogP contribution < -0.4 is 0 Å². The fourth-order valence-corrected chi connectivity index (χ4v) is 2.93. The summed E-state index contributed by atoms with van der Waals surface area (Å²) in [5.41, 5.74) is 3.05. The number of phenols is 1. The second-order valence-electron chi connectivity index (χ2n) is 5.50. The zero-order chi connectivity index (χ0) is 15.7. The highest BCUT2D eigenvalue weighted by Gasteiger charge is 2.23. The summed E-state index contributed by atoms with van der Waals surface area (Å²) in [4.78, 5) is 0. The topological polar surface area (TPSA) is 33.4 Å². The Hall–Kier alpha value is -2.00. The molecule has 0 aliphatic carbocycles. The third-order valence-electron chi connectivity index (χ3n) is 3.74. The van der Waals surface area contributed by atoms with Crippen LogP contribution in [0.4, 0.5) is 0 Å². The van der Waals surface area contributed by atoms with Gasteiger partial charge >= 0.3 is 0 Å². The van der Waals surface area contributed by atoms with Crippen molar-refractivity contribution in [2.75, 3.05) is 0 Å². The van der Waals surface area contributed by atoms with Crippen LogP contribution in [-0.2, 0) is 0 Å². The first-order valence-electron chi connectivity index (χ1n) is 7.16. The van der Waals surface area contributed by atoms with E-state index in [1.807, 2.05) is 62.4 Å². The number of aryl methyl sites for hydroxylation is 2. The number of halogens is 1. The third-order valence-corrected chi connectivity index (χ3v) is 4.27. The van der Waals surface area contributed by atoms with E-state index in [-0.39, 0.29) is 11.7 Å². The lowest BCUT2D eigenvalue weighted by molar-refractivity contribution is 0.450. The highest BCUT2D eigenvalue weighted by molar-refractivity contribution is 9.10. The minimum absolute atomic E-state index is 0.123. The molecule has 1 heterocycles. The summed E-state index contributed by atoms with van der Waals surface area (Å²) in [6, 6.07) is 17.7. The van der Waals surface area contributed by atoms with Gasteiger partial charge in [0.15, 0.2) is 0 Å². The van der Waals surface area contributed by atoms with Gasteiger partial charge in [-0.1, -0.05) is 45.8 Å². The molecule has 3 aromatic rings. The van der Waals surface area contributed by atoms with Crippen LogP contribution in [0, 0.1) is 13.8 Å². The van der Waals surface area contributed by atoms with Gasteiger partial charge in [0.25, 0.3) is 0 Å². The molecule has 2 nitrogen and oxygen atoms in total. The highest BCUT2D eigenvalue weighted by Crippen LogP contribution is 2.38. The van der Waals surface area contributed by atoms with Crippen molar-refractivity contribution in [3.05, 3.63) is 87.3 Å². The van der Waals surface area contributed by atoms with Crippen molar-refractivity contribution in [3.8, 4) is 5.75 Å². The third kappa shape index (κ3) is 2.95. The maximum absolute atomic E-state index is 10.3. The van der Waals surface area contributed by atoms with E-state index in [9.17, 15) is 5.11 Å². The van der Waals surface area contributed by atoms with Crippen LogP contribution in [0.1, 0.15) is 34.1 Å². The molecule has 3 heteroatoms. The van der Waals surface area contributed by atoms with E-state index < -0.39 is 0 Å². The lowest BCUT2D eigenvalue weighted by atomic mass is 9.88. The number of hydrogen-bond acceptors (Lipinski definition) is 2. The number of phenolic OH excluding ortho intramolecular Hbond substituents is 1. The Bertz CT molecular complexity index is 787. The van der Waals surface area contributed by atoms with Crippen LogP contribution in [0.2, 0.25) is 0 Å². The van der Waals surface area contributed by atoms with Gasteiger partial charge in [0.05, 0.1) is 5.92 Å². The molecule has 1 atom stereocenters.